The van der Waals surface area contributed by atoms with Crippen LogP contribution in [0, 0.1) is 5.92 Å². The van der Waals surface area contributed by atoms with E-state index >= 15 is 0 Å². The van der Waals surface area contributed by atoms with Gasteiger partial charge >= 0.3 is 0 Å². The van der Waals surface area contributed by atoms with Crippen molar-refractivity contribution in [2.75, 3.05) is 13.1 Å². The number of likely N-dealkylation sites (tertiary alicyclic amines) is 1. The molecule has 3 rings (SSSR count). The largest absolute Gasteiger partial charge is 0.299 e. The zero-order valence-electron chi connectivity index (χ0n) is 11.1. The molecule has 1 heterocycles. The zero-order chi connectivity index (χ0) is 12.5. The van der Waals surface area contributed by atoms with Crippen LogP contribution in [0.15, 0.2) is 24.3 Å². The number of carbonyl (C=O) groups excluding carboxylic acids is 1. The number of hydrogen-bond acceptors (Lipinski definition) is 2. The third-order valence-corrected chi connectivity index (χ3v) is 4.48. The Hall–Kier alpha value is -1.15. The third kappa shape index (κ3) is 2.10. The number of benzene rings is 1. The van der Waals surface area contributed by atoms with Crippen LogP contribution < -0.4 is 0 Å². The van der Waals surface area contributed by atoms with Crippen molar-refractivity contribution in [3.8, 4) is 0 Å². The molecule has 1 aliphatic carbocycles. The molecule has 1 fully saturated rings. The summed E-state index contributed by atoms with van der Waals surface area (Å²) in [6.45, 7) is 3.96. The molecule has 2 nitrogen and oxygen atoms in total. The number of carbonyl (C=O) groups is 1. The van der Waals surface area contributed by atoms with Gasteiger partial charge in [0.15, 0.2) is 0 Å². The number of fused-ring (bicyclic) bond motifs is 1. The van der Waals surface area contributed by atoms with E-state index in [4.69, 9.17) is 0 Å². The number of aryl methyl sites for hydroxylation is 1. The zero-order valence-corrected chi connectivity index (χ0v) is 11.1. The first-order chi connectivity index (χ1) is 8.75. The maximum Gasteiger partial charge on any atom is 0.138 e. The summed E-state index contributed by atoms with van der Waals surface area (Å²) >= 11 is 0. The highest BCUT2D eigenvalue weighted by Crippen LogP contribution is 2.35. The van der Waals surface area contributed by atoms with Crippen LogP contribution >= 0.6 is 0 Å². The highest BCUT2D eigenvalue weighted by molar-refractivity contribution is 5.81. The van der Waals surface area contributed by atoms with Crippen molar-refractivity contribution in [2.45, 2.75) is 38.6 Å². The summed E-state index contributed by atoms with van der Waals surface area (Å²) in [4.78, 5) is 14.2. The van der Waals surface area contributed by atoms with Crippen molar-refractivity contribution in [3.05, 3.63) is 35.4 Å². The molecule has 0 bridgehead atoms. The van der Waals surface area contributed by atoms with Gasteiger partial charge in [0.05, 0.1) is 0 Å². The lowest BCUT2D eigenvalue weighted by molar-refractivity contribution is -0.126. The molecule has 96 valence electrons. The molecule has 2 heteroatoms. The minimum Gasteiger partial charge on any atom is -0.299 e. The van der Waals surface area contributed by atoms with Crippen LogP contribution in [0.4, 0.5) is 0 Å². The fourth-order valence-electron chi connectivity index (χ4n) is 3.44. The van der Waals surface area contributed by atoms with Gasteiger partial charge in [-0.3, -0.25) is 9.69 Å². The average Bonchev–Trinajstić information content (AvgIpc) is 2.41. The second-order valence-electron chi connectivity index (χ2n) is 5.72. The molecule has 0 amide bonds. The van der Waals surface area contributed by atoms with Crippen LogP contribution in [0.5, 0.6) is 0 Å². The molecular formula is C16H21NO. The Labute approximate surface area is 109 Å². The second-order valence-corrected chi connectivity index (χ2v) is 5.72. The number of hydrogen-bond donors (Lipinski definition) is 0. The van der Waals surface area contributed by atoms with Crippen molar-refractivity contribution in [1.82, 2.24) is 4.90 Å². The van der Waals surface area contributed by atoms with Crippen LogP contribution in [0.25, 0.3) is 0 Å². The highest BCUT2D eigenvalue weighted by Gasteiger charge is 2.31. The maximum atomic E-state index is 11.6. The highest BCUT2D eigenvalue weighted by atomic mass is 16.1. The minimum absolute atomic E-state index is 0.216. The van der Waals surface area contributed by atoms with E-state index in [1.165, 1.54) is 30.4 Å². The van der Waals surface area contributed by atoms with Gasteiger partial charge in [-0.05, 0) is 30.4 Å². The first-order valence-corrected chi connectivity index (χ1v) is 7.10. The molecule has 1 aliphatic heterocycles. The standard InChI is InChI=1S/C16H21NO/c1-12-11-17(10-9-16(12)18)15-8-4-6-13-5-2-3-7-14(13)15/h2-3,5,7,12,15H,4,6,8-11H2,1H3. The predicted octanol–water partition coefficient (Wildman–Crippen LogP) is 2.97. The van der Waals surface area contributed by atoms with Gasteiger partial charge in [-0.15, -0.1) is 0 Å². The van der Waals surface area contributed by atoms with E-state index in [-0.39, 0.29) is 5.92 Å². The molecule has 0 spiro atoms. The summed E-state index contributed by atoms with van der Waals surface area (Å²) < 4.78 is 0. The first kappa shape index (κ1) is 11.9. The quantitative estimate of drug-likeness (QED) is 0.756. The van der Waals surface area contributed by atoms with E-state index in [0.29, 0.717) is 11.8 Å². The number of ketones is 1. The third-order valence-electron chi connectivity index (χ3n) is 4.48. The van der Waals surface area contributed by atoms with Crippen LogP contribution in [-0.2, 0) is 11.2 Å². The summed E-state index contributed by atoms with van der Waals surface area (Å²) in [5.41, 5.74) is 3.02. The Morgan fingerprint density at radius 1 is 1.22 bits per heavy atom. The van der Waals surface area contributed by atoms with Crippen LogP contribution in [0.2, 0.25) is 0 Å². The lowest BCUT2D eigenvalue weighted by Gasteiger charge is -2.39. The van der Waals surface area contributed by atoms with Crippen molar-refractivity contribution in [1.29, 1.82) is 0 Å². The molecule has 2 atom stereocenters. The minimum atomic E-state index is 0.216. The van der Waals surface area contributed by atoms with E-state index in [9.17, 15) is 4.79 Å². The normalized spacial score (nSPS) is 29.1. The summed E-state index contributed by atoms with van der Waals surface area (Å²) in [6.07, 6.45) is 4.48. The molecule has 1 aromatic rings. The van der Waals surface area contributed by atoms with Gasteiger partial charge in [-0.25, -0.2) is 0 Å². The Bertz CT molecular complexity index is 454. The van der Waals surface area contributed by atoms with Gasteiger partial charge in [0.25, 0.3) is 0 Å². The smallest absolute Gasteiger partial charge is 0.138 e. The van der Waals surface area contributed by atoms with Gasteiger partial charge in [0.2, 0.25) is 0 Å². The summed E-state index contributed by atoms with van der Waals surface area (Å²) in [6, 6.07) is 9.38. The van der Waals surface area contributed by atoms with Gasteiger partial charge in [0.1, 0.15) is 5.78 Å². The topological polar surface area (TPSA) is 20.3 Å². The van der Waals surface area contributed by atoms with Crippen LogP contribution in [0.1, 0.15) is 43.4 Å². The molecule has 1 aromatic carbocycles. The second kappa shape index (κ2) is 4.85. The lowest BCUT2D eigenvalue weighted by atomic mass is 9.85. The molecule has 1 saturated heterocycles. The average molecular weight is 243 g/mol. The molecule has 0 aromatic heterocycles. The predicted molar refractivity (Wildman–Crippen MR) is 72.5 cm³/mol. The van der Waals surface area contributed by atoms with E-state index in [1.54, 1.807) is 0 Å². The number of piperidine rings is 1. The molecule has 2 unspecified atom stereocenters. The Balaban J connectivity index is 1.83. The van der Waals surface area contributed by atoms with Crippen LogP contribution in [-0.4, -0.2) is 23.8 Å². The van der Waals surface area contributed by atoms with Crippen molar-refractivity contribution in [3.63, 3.8) is 0 Å². The summed E-state index contributed by atoms with van der Waals surface area (Å²) in [5, 5.41) is 0. The Morgan fingerprint density at radius 3 is 2.89 bits per heavy atom. The van der Waals surface area contributed by atoms with Gasteiger partial charge in [-0.2, -0.15) is 0 Å². The molecule has 0 N–H and O–H groups in total. The molecular weight excluding hydrogens is 222 g/mol. The number of nitrogens with zero attached hydrogens (tertiary/aromatic N) is 1. The maximum absolute atomic E-state index is 11.6. The van der Waals surface area contributed by atoms with Crippen molar-refractivity contribution < 1.29 is 4.79 Å². The van der Waals surface area contributed by atoms with Crippen LogP contribution in [0.3, 0.4) is 0 Å². The van der Waals surface area contributed by atoms with E-state index in [2.05, 4.69) is 36.1 Å². The lowest BCUT2D eigenvalue weighted by Crippen LogP contribution is -2.42. The van der Waals surface area contributed by atoms with Gasteiger partial charge in [-0.1, -0.05) is 31.2 Å². The fourth-order valence-corrected chi connectivity index (χ4v) is 3.44. The van der Waals surface area contributed by atoms with Crippen molar-refractivity contribution >= 4 is 5.78 Å². The van der Waals surface area contributed by atoms with E-state index in [0.717, 1.165) is 19.5 Å². The van der Waals surface area contributed by atoms with E-state index < -0.39 is 0 Å². The molecule has 2 aliphatic rings. The Morgan fingerprint density at radius 2 is 2.06 bits per heavy atom. The fraction of sp³-hybridized carbons (Fsp3) is 0.562. The number of rotatable bonds is 1. The van der Waals surface area contributed by atoms with E-state index in [1.807, 2.05) is 0 Å². The number of Topliss-reactive ketones (excluding diaryl/α,β-unsaturated/α-hetero) is 1. The summed E-state index contributed by atoms with van der Waals surface area (Å²) in [5.74, 6) is 0.656. The SMILES string of the molecule is CC1CN(C2CCCc3ccccc32)CCC1=O. The van der Waals surface area contributed by atoms with Gasteiger partial charge < -0.3 is 0 Å². The molecule has 0 saturated carbocycles. The monoisotopic (exact) mass is 243 g/mol. The first-order valence-electron chi connectivity index (χ1n) is 7.10. The molecule has 18 heavy (non-hydrogen) atoms. The van der Waals surface area contributed by atoms with Gasteiger partial charge in [0, 0.05) is 31.5 Å². The summed E-state index contributed by atoms with van der Waals surface area (Å²) in [7, 11) is 0. The molecule has 0 radical (unpaired) electrons. The Kier molecular flexibility index (Phi) is 3.21. The van der Waals surface area contributed by atoms with Crippen molar-refractivity contribution in [2.24, 2.45) is 5.92 Å².